The molecule has 0 fully saturated rings. The second-order valence-electron chi connectivity index (χ2n) is 6.46. The number of benzene rings is 2. The van der Waals surface area contributed by atoms with Crippen molar-refractivity contribution in [3.05, 3.63) is 53.1 Å². The summed E-state index contributed by atoms with van der Waals surface area (Å²) in [7, 11) is -3.80. The van der Waals surface area contributed by atoms with Crippen LogP contribution in [0.2, 0.25) is 5.02 Å². The van der Waals surface area contributed by atoms with Gasteiger partial charge in [0.25, 0.3) is 5.91 Å². The number of carbonyl (C=O) groups excluding carboxylic acids is 2. The van der Waals surface area contributed by atoms with Crippen LogP contribution < -0.4 is 20.1 Å². The van der Waals surface area contributed by atoms with Crippen molar-refractivity contribution in [3.8, 4) is 5.75 Å². The number of hydrogen-bond acceptors (Lipinski definition) is 5. The molecule has 2 aromatic carbocycles. The zero-order valence-corrected chi connectivity index (χ0v) is 17.1. The number of nitrogens with one attached hydrogen (secondary N) is 3. The summed E-state index contributed by atoms with van der Waals surface area (Å²) in [6.07, 6.45) is -0.0428. The summed E-state index contributed by atoms with van der Waals surface area (Å²) in [6.45, 7) is 1.70. The Labute approximate surface area is 173 Å². The van der Waals surface area contributed by atoms with Crippen molar-refractivity contribution in [2.24, 2.45) is 0 Å². The molecule has 1 aliphatic rings. The number of halogens is 1. The standard InChI is InChI=1S/C19H20ClN3O5S/c1-12(13-6-7-16-15(10-13)23-19(25)11-28-16)22-18(24)8-9-21-29(26,27)17-5-3-2-4-14(17)20/h2-7,10,12,21H,8-9,11H2,1H3,(H,22,24)(H,23,25). The van der Waals surface area contributed by atoms with E-state index in [1.165, 1.54) is 12.1 Å². The molecule has 3 N–H and O–H groups in total. The number of rotatable bonds is 7. The van der Waals surface area contributed by atoms with E-state index in [1.54, 1.807) is 37.3 Å². The van der Waals surface area contributed by atoms with Crippen LogP contribution >= 0.6 is 11.6 Å². The lowest BCUT2D eigenvalue weighted by Crippen LogP contribution is -2.32. The van der Waals surface area contributed by atoms with Crippen molar-refractivity contribution >= 4 is 39.1 Å². The summed E-state index contributed by atoms with van der Waals surface area (Å²) in [5, 5.41) is 5.63. The van der Waals surface area contributed by atoms with E-state index >= 15 is 0 Å². The Bertz CT molecular complexity index is 1040. The van der Waals surface area contributed by atoms with Gasteiger partial charge in [0.2, 0.25) is 15.9 Å². The molecule has 1 heterocycles. The minimum absolute atomic E-state index is 0.0251. The number of fused-ring (bicyclic) bond motifs is 1. The van der Waals surface area contributed by atoms with Crippen molar-refractivity contribution < 1.29 is 22.7 Å². The third-order valence-electron chi connectivity index (χ3n) is 4.28. The zero-order chi connectivity index (χ0) is 21.0. The van der Waals surface area contributed by atoms with E-state index in [0.29, 0.717) is 11.4 Å². The molecule has 10 heteroatoms. The smallest absolute Gasteiger partial charge is 0.262 e. The van der Waals surface area contributed by atoms with Crippen molar-refractivity contribution in [1.29, 1.82) is 0 Å². The molecule has 1 unspecified atom stereocenters. The monoisotopic (exact) mass is 437 g/mol. The number of ether oxygens (including phenoxy) is 1. The van der Waals surface area contributed by atoms with Crippen LogP contribution in [0, 0.1) is 0 Å². The fourth-order valence-electron chi connectivity index (χ4n) is 2.81. The van der Waals surface area contributed by atoms with E-state index < -0.39 is 10.0 Å². The van der Waals surface area contributed by atoms with Gasteiger partial charge in [-0.25, -0.2) is 13.1 Å². The third-order valence-corrected chi connectivity index (χ3v) is 6.25. The molecule has 0 saturated heterocycles. The number of anilines is 1. The molecule has 0 spiro atoms. The lowest BCUT2D eigenvalue weighted by molar-refractivity contribution is -0.121. The molecule has 29 heavy (non-hydrogen) atoms. The first-order chi connectivity index (χ1) is 13.8. The zero-order valence-electron chi connectivity index (χ0n) is 15.6. The van der Waals surface area contributed by atoms with Gasteiger partial charge in [0.05, 0.1) is 16.8 Å². The summed E-state index contributed by atoms with van der Waals surface area (Å²) in [6, 6.07) is 11.0. The van der Waals surface area contributed by atoms with Gasteiger partial charge in [-0.1, -0.05) is 29.8 Å². The van der Waals surface area contributed by atoms with Crippen molar-refractivity contribution in [1.82, 2.24) is 10.0 Å². The van der Waals surface area contributed by atoms with E-state index in [4.69, 9.17) is 16.3 Å². The van der Waals surface area contributed by atoms with Crippen LogP contribution in [-0.4, -0.2) is 33.4 Å². The van der Waals surface area contributed by atoms with Crippen LogP contribution in [0.25, 0.3) is 0 Å². The summed E-state index contributed by atoms with van der Waals surface area (Å²) in [5.41, 5.74) is 1.33. The van der Waals surface area contributed by atoms with E-state index in [0.717, 1.165) is 5.56 Å². The van der Waals surface area contributed by atoms with Gasteiger partial charge in [-0.2, -0.15) is 0 Å². The van der Waals surface area contributed by atoms with Crippen molar-refractivity contribution in [2.45, 2.75) is 24.3 Å². The third kappa shape index (κ3) is 5.26. The highest BCUT2D eigenvalue weighted by atomic mass is 35.5. The summed E-state index contributed by atoms with van der Waals surface area (Å²) >= 11 is 5.91. The highest BCUT2D eigenvalue weighted by Gasteiger charge is 2.19. The van der Waals surface area contributed by atoms with Crippen molar-refractivity contribution in [3.63, 3.8) is 0 Å². The predicted octanol–water partition coefficient (Wildman–Crippen LogP) is 2.22. The van der Waals surface area contributed by atoms with Gasteiger partial charge in [-0.15, -0.1) is 0 Å². The Morgan fingerprint density at radius 2 is 2.03 bits per heavy atom. The predicted molar refractivity (Wildman–Crippen MR) is 108 cm³/mol. The van der Waals surface area contributed by atoms with Gasteiger partial charge in [0.15, 0.2) is 6.61 Å². The number of hydrogen-bond donors (Lipinski definition) is 3. The molecule has 0 aliphatic carbocycles. The van der Waals surface area contributed by atoms with Crippen LogP contribution in [0.4, 0.5) is 5.69 Å². The quantitative estimate of drug-likeness (QED) is 0.614. The van der Waals surface area contributed by atoms with E-state index in [1.807, 2.05) is 0 Å². The number of sulfonamides is 1. The van der Waals surface area contributed by atoms with Gasteiger partial charge < -0.3 is 15.4 Å². The van der Waals surface area contributed by atoms with Gasteiger partial charge in [-0.3, -0.25) is 9.59 Å². The molecular formula is C19H20ClN3O5S. The number of amides is 2. The molecule has 2 aromatic rings. The maximum absolute atomic E-state index is 12.3. The van der Waals surface area contributed by atoms with E-state index in [9.17, 15) is 18.0 Å². The van der Waals surface area contributed by atoms with E-state index in [-0.39, 0.29) is 47.3 Å². The summed E-state index contributed by atoms with van der Waals surface area (Å²) in [4.78, 5) is 23.6. The molecule has 0 saturated carbocycles. The molecule has 0 bridgehead atoms. The Kier molecular flexibility index (Phi) is 6.41. The highest BCUT2D eigenvalue weighted by molar-refractivity contribution is 7.89. The normalized spacial score (nSPS) is 14.3. The first kappa shape index (κ1) is 21.1. The Morgan fingerprint density at radius 1 is 1.28 bits per heavy atom. The fraction of sp³-hybridized carbons (Fsp3) is 0.263. The van der Waals surface area contributed by atoms with Gasteiger partial charge in [-0.05, 0) is 36.8 Å². The minimum Gasteiger partial charge on any atom is -0.482 e. The largest absolute Gasteiger partial charge is 0.482 e. The van der Waals surface area contributed by atoms with Crippen LogP contribution in [0.5, 0.6) is 5.75 Å². The first-order valence-electron chi connectivity index (χ1n) is 8.86. The molecule has 1 atom stereocenters. The molecule has 0 radical (unpaired) electrons. The average molecular weight is 438 g/mol. The van der Waals surface area contributed by atoms with Crippen LogP contribution in [0.3, 0.4) is 0 Å². The highest BCUT2D eigenvalue weighted by Crippen LogP contribution is 2.30. The second-order valence-corrected chi connectivity index (χ2v) is 8.60. The van der Waals surface area contributed by atoms with Gasteiger partial charge >= 0.3 is 0 Å². The second kappa shape index (κ2) is 8.81. The van der Waals surface area contributed by atoms with Gasteiger partial charge in [0, 0.05) is 13.0 Å². The summed E-state index contributed by atoms with van der Waals surface area (Å²) in [5.74, 6) is 0.00959. The molecule has 2 amide bonds. The van der Waals surface area contributed by atoms with Crippen LogP contribution in [0.15, 0.2) is 47.4 Å². The number of carbonyl (C=O) groups is 2. The Morgan fingerprint density at radius 3 is 2.79 bits per heavy atom. The molecule has 8 nitrogen and oxygen atoms in total. The molecular weight excluding hydrogens is 418 g/mol. The molecule has 154 valence electrons. The average Bonchev–Trinajstić information content (AvgIpc) is 2.67. The van der Waals surface area contributed by atoms with Gasteiger partial charge in [0.1, 0.15) is 10.6 Å². The lowest BCUT2D eigenvalue weighted by atomic mass is 10.1. The topological polar surface area (TPSA) is 114 Å². The maximum Gasteiger partial charge on any atom is 0.262 e. The maximum atomic E-state index is 12.3. The Hall–Kier alpha value is -2.62. The lowest BCUT2D eigenvalue weighted by Gasteiger charge is -2.21. The first-order valence-corrected chi connectivity index (χ1v) is 10.7. The van der Waals surface area contributed by atoms with E-state index in [2.05, 4.69) is 15.4 Å². The van der Waals surface area contributed by atoms with Crippen molar-refractivity contribution in [2.75, 3.05) is 18.5 Å². The summed E-state index contributed by atoms with van der Waals surface area (Å²) < 4.78 is 32.2. The van der Waals surface area contributed by atoms with Crippen LogP contribution in [-0.2, 0) is 19.6 Å². The SMILES string of the molecule is CC(NC(=O)CCNS(=O)(=O)c1ccccc1Cl)c1ccc2c(c1)NC(=O)CO2. The molecule has 1 aliphatic heterocycles. The Balaban J connectivity index is 1.54. The molecule has 0 aromatic heterocycles. The minimum atomic E-state index is -3.80. The van der Waals surface area contributed by atoms with Crippen LogP contribution in [0.1, 0.15) is 24.9 Å². The molecule has 3 rings (SSSR count). The fourth-order valence-corrected chi connectivity index (χ4v) is 4.36.